The molecule has 1 aromatic carbocycles. The molecule has 0 aliphatic rings. The molecule has 0 unspecified atom stereocenters. The van der Waals surface area contributed by atoms with E-state index in [0.717, 1.165) is 6.92 Å². The molecule has 74 valence electrons. The Bertz CT molecular complexity index is 417. The van der Waals surface area contributed by atoms with Crippen molar-refractivity contribution in [2.45, 2.75) is 6.92 Å². The summed E-state index contributed by atoms with van der Waals surface area (Å²) in [6.07, 6.45) is 0. The van der Waals surface area contributed by atoms with Crippen LogP contribution in [-0.4, -0.2) is 10.7 Å². The number of nitrogens with zero attached hydrogens (tertiary/aromatic N) is 1. The first-order valence-electron chi connectivity index (χ1n) is 3.58. The van der Waals surface area contributed by atoms with Crippen molar-refractivity contribution in [3.8, 4) is 0 Å². The second-order valence-electron chi connectivity index (χ2n) is 2.57. The Hall–Kier alpha value is -1.85. The predicted octanol–water partition coefficient (Wildman–Crippen LogP) is 2.08. The van der Waals surface area contributed by atoms with Gasteiger partial charge in [0, 0.05) is 6.07 Å². The average molecular weight is 201 g/mol. The molecule has 1 rings (SSSR count). The Morgan fingerprint density at radius 1 is 1.43 bits per heavy atom. The molecule has 14 heavy (non-hydrogen) atoms. The van der Waals surface area contributed by atoms with Crippen LogP contribution in [0.1, 0.15) is 17.3 Å². The lowest BCUT2D eigenvalue weighted by Gasteiger charge is -2.00. The molecule has 0 saturated carbocycles. The van der Waals surface area contributed by atoms with E-state index in [9.17, 15) is 23.7 Å². The summed E-state index contributed by atoms with van der Waals surface area (Å²) in [7, 11) is 0. The van der Waals surface area contributed by atoms with E-state index in [-0.39, 0.29) is 0 Å². The minimum absolute atomic E-state index is 0.678. The normalized spacial score (nSPS) is 9.93. The third-order valence-corrected chi connectivity index (χ3v) is 1.62. The highest BCUT2D eigenvalue weighted by atomic mass is 19.1. The van der Waals surface area contributed by atoms with Gasteiger partial charge in [-0.2, -0.15) is 4.39 Å². The minimum Gasteiger partial charge on any atom is -0.294 e. The fourth-order valence-electron chi connectivity index (χ4n) is 1.01. The number of carbonyl (C=O) groups excluding carboxylic acids is 1. The van der Waals surface area contributed by atoms with Crippen molar-refractivity contribution in [3.05, 3.63) is 39.4 Å². The third-order valence-electron chi connectivity index (χ3n) is 1.62. The van der Waals surface area contributed by atoms with Gasteiger partial charge in [0.1, 0.15) is 5.82 Å². The molecule has 0 aliphatic carbocycles. The number of rotatable bonds is 2. The highest BCUT2D eigenvalue weighted by Gasteiger charge is 2.23. The molecule has 0 fully saturated rings. The molecule has 0 bridgehead atoms. The number of benzene rings is 1. The first kappa shape index (κ1) is 10.2. The van der Waals surface area contributed by atoms with E-state index in [4.69, 9.17) is 0 Å². The van der Waals surface area contributed by atoms with E-state index in [1.54, 1.807) is 0 Å². The highest BCUT2D eigenvalue weighted by Crippen LogP contribution is 2.23. The molecule has 0 saturated heterocycles. The zero-order valence-electron chi connectivity index (χ0n) is 7.08. The lowest BCUT2D eigenvalue weighted by molar-refractivity contribution is -0.387. The van der Waals surface area contributed by atoms with Crippen molar-refractivity contribution < 1.29 is 18.5 Å². The van der Waals surface area contributed by atoms with Crippen LogP contribution in [0.3, 0.4) is 0 Å². The lowest BCUT2D eigenvalue weighted by atomic mass is 10.1. The van der Waals surface area contributed by atoms with Crippen molar-refractivity contribution in [1.29, 1.82) is 0 Å². The number of nitro groups is 1. The zero-order chi connectivity index (χ0) is 10.9. The molecule has 0 atom stereocenters. The maximum absolute atomic E-state index is 13.1. The van der Waals surface area contributed by atoms with Gasteiger partial charge in [0.15, 0.2) is 5.78 Å². The Labute approximate surface area is 77.3 Å². The molecule has 6 heteroatoms. The molecule has 0 aromatic heterocycles. The van der Waals surface area contributed by atoms with E-state index >= 15 is 0 Å². The molecule has 0 N–H and O–H groups in total. The number of halogens is 2. The molecule has 0 spiro atoms. The van der Waals surface area contributed by atoms with Crippen molar-refractivity contribution in [2.24, 2.45) is 0 Å². The van der Waals surface area contributed by atoms with Crippen LogP contribution >= 0.6 is 0 Å². The summed E-state index contributed by atoms with van der Waals surface area (Å²) in [6.45, 7) is 0.936. The van der Waals surface area contributed by atoms with E-state index in [2.05, 4.69) is 0 Å². The summed E-state index contributed by atoms with van der Waals surface area (Å²) in [5.74, 6) is -3.41. The van der Waals surface area contributed by atoms with Gasteiger partial charge < -0.3 is 0 Å². The minimum atomic E-state index is -1.43. The maximum Gasteiger partial charge on any atom is 0.305 e. The highest BCUT2D eigenvalue weighted by molar-refractivity contribution is 5.95. The number of Topliss-reactive ketones (excluding diaryl/α,β-unsaturated/α-hetero) is 1. The first-order chi connectivity index (χ1) is 6.45. The predicted molar refractivity (Wildman–Crippen MR) is 43.0 cm³/mol. The first-order valence-corrected chi connectivity index (χ1v) is 3.58. The molecular weight excluding hydrogens is 196 g/mol. The molecule has 0 amide bonds. The lowest BCUT2D eigenvalue weighted by Crippen LogP contribution is -2.04. The standard InChI is InChI=1S/C8H5F2NO3/c1-4(12)7-5(9)2-3-6(8(7)10)11(13)14/h2-3H,1H3. The van der Waals surface area contributed by atoms with Crippen LogP contribution in [0.25, 0.3) is 0 Å². The number of hydrogen-bond donors (Lipinski definition) is 0. The summed E-state index contributed by atoms with van der Waals surface area (Å²) < 4.78 is 26.0. The number of nitro benzene ring substituents is 1. The van der Waals surface area contributed by atoms with Crippen LogP contribution < -0.4 is 0 Å². The summed E-state index contributed by atoms with van der Waals surface area (Å²) in [4.78, 5) is 20.0. The monoisotopic (exact) mass is 201 g/mol. The Morgan fingerprint density at radius 2 is 2.00 bits per heavy atom. The van der Waals surface area contributed by atoms with Crippen molar-refractivity contribution >= 4 is 11.5 Å². The quantitative estimate of drug-likeness (QED) is 0.418. The van der Waals surface area contributed by atoms with Crippen LogP contribution in [0.15, 0.2) is 12.1 Å². The van der Waals surface area contributed by atoms with E-state index in [1.807, 2.05) is 0 Å². The van der Waals surface area contributed by atoms with Crippen LogP contribution in [-0.2, 0) is 0 Å². The summed E-state index contributed by atoms with van der Waals surface area (Å²) >= 11 is 0. The van der Waals surface area contributed by atoms with Gasteiger partial charge in [0.2, 0.25) is 5.82 Å². The number of carbonyl (C=O) groups is 1. The molecule has 4 nitrogen and oxygen atoms in total. The Kier molecular flexibility index (Phi) is 2.55. The largest absolute Gasteiger partial charge is 0.305 e. The smallest absolute Gasteiger partial charge is 0.294 e. The topological polar surface area (TPSA) is 60.2 Å². The van der Waals surface area contributed by atoms with Gasteiger partial charge in [-0.1, -0.05) is 0 Å². The molecular formula is C8H5F2NO3. The van der Waals surface area contributed by atoms with Gasteiger partial charge in [0.05, 0.1) is 10.5 Å². The van der Waals surface area contributed by atoms with Crippen molar-refractivity contribution in [3.63, 3.8) is 0 Å². The molecule has 0 heterocycles. The van der Waals surface area contributed by atoms with Crippen LogP contribution in [0.5, 0.6) is 0 Å². The number of ketones is 1. The Balaban J connectivity index is 3.49. The van der Waals surface area contributed by atoms with Crippen molar-refractivity contribution in [2.75, 3.05) is 0 Å². The summed E-state index contributed by atoms with van der Waals surface area (Å²) in [5, 5.41) is 10.2. The Morgan fingerprint density at radius 3 is 2.43 bits per heavy atom. The average Bonchev–Trinajstić information content (AvgIpc) is 2.02. The SMILES string of the molecule is CC(=O)c1c(F)ccc([N+](=O)[O-])c1F. The van der Waals surface area contributed by atoms with Gasteiger partial charge in [-0.15, -0.1) is 0 Å². The fourth-order valence-corrected chi connectivity index (χ4v) is 1.01. The maximum atomic E-state index is 13.1. The van der Waals surface area contributed by atoms with Crippen LogP contribution in [0, 0.1) is 21.7 Å². The van der Waals surface area contributed by atoms with Gasteiger partial charge in [-0.25, -0.2) is 4.39 Å². The zero-order valence-corrected chi connectivity index (χ0v) is 7.08. The van der Waals surface area contributed by atoms with E-state index in [0.29, 0.717) is 12.1 Å². The second kappa shape index (κ2) is 3.49. The van der Waals surface area contributed by atoms with Gasteiger partial charge in [-0.05, 0) is 13.0 Å². The fraction of sp³-hybridized carbons (Fsp3) is 0.125. The molecule has 0 radical (unpaired) electrons. The van der Waals surface area contributed by atoms with E-state index < -0.39 is 33.6 Å². The number of hydrogen-bond acceptors (Lipinski definition) is 3. The summed E-state index contributed by atoms with van der Waals surface area (Å²) in [5.41, 5.74) is -1.78. The van der Waals surface area contributed by atoms with E-state index in [1.165, 1.54) is 0 Å². The van der Waals surface area contributed by atoms with Crippen LogP contribution in [0.4, 0.5) is 14.5 Å². The van der Waals surface area contributed by atoms with Gasteiger partial charge >= 0.3 is 5.69 Å². The molecule has 1 aromatic rings. The second-order valence-corrected chi connectivity index (χ2v) is 2.57. The van der Waals surface area contributed by atoms with Crippen molar-refractivity contribution in [1.82, 2.24) is 0 Å². The van der Waals surface area contributed by atoms with Gasteiger partial charge in [0.25, 0.3) is 0 Å². The van der Waals surface area contributed by atoms with Crippen LogP contribution in [0.2, 0.25) is 0 Å². The summed E-state index contributed by atoms with van der Waals surface area (Å²) in [6, 6.07) is 1.37. The third kappa shape index (κ3) is 1.59. The molecule has 0 aliphatic heterocycles. The van der Waals surface area contributed by atoms with Gasteiger partial charge in [-0.3, -0.25) is 14.9 Å².